The third-order valence-electron chi connectivity index (χ3n) is 2.80. The van der Waals surface area contributed by atoms with Crippen molar-refractivity contribution < 1.29 is 0 Å². The second-order valence-electron chi connectivity index (χ2n) is 4.58. The molecule has 0 spiro atoms. The lowest BCUT2D eigenvalue weighted by Crippen LogP contribution is -2.08. The maximum absolute atomic E-state index is 9.05. The minimum Gasteiger partial charge on any atom is -0.383 e. The number of rotatable bonds is 4. The molecule has 1 aliphatic carbocycles. The highest BCUT2D eigenvalue weighted by atomic mass is 15.4. The fourth-order valence-electron chi connectivity index (χ4n) is 1.64. The molecule has 0 amide bonds. The van der Waals surface area contributed by atoms with Crippen molar-refractivity contribution in [3.63, 3.8) is 0 Å². The SMILES string of the molecule is CC(C)n1nc(NCC2CC2)c(C#N)c1N. The van der Waals surface area contributed by atoms with Crippen LogP contribution in [0.5, 0.6) is 0 Å². The van der Waals surface area contributed by atoms with Crippen molar-refractivity contribution in [2.75, 3.05) is 17.6 Å². The normalized spacial score (nSPS) is 15.1. The first-order valence-electron chi connectivity index (χ1n) is 5.65. The number of nitrogens with one attached hydrogen (secondary N) is 1. The van der Waals surface area contributed by atoms with Crippen molar-refractivity contribution in [1.82, 2.24) is 9.78 Å². The van der Waals surface area contributed by atoms with Crippen LogP contribution >= 0.6 is 0 Å². The number of nitriles is 1. The summed E-state index contributed by atoms with van der Waals surface area (Å²) in [6.07, 6.45) is 2.55. The molecule has 1 aliphatic rings. The van der Waals surface area contributed by atoms with Crippen molar-refractivity contribution in [2.45, 2.75) is 32.7 Å². The predicted molar refractivity (Wildman–Crippen MR) is 63.0 cm³/mol. The van der Waals surface area contributed by atoms with Crippen LogP contribution in [0.4, 0.5) is 11.6 Å². The van der Waals surface area contributed by atoms with Gasteiger partial charge in [0, 0.05) is 12.6 Å². The van der Waals surface area contributed by atoms with E-state index in [0.717, 1.165) is 12.5 Å². The van der Waals surface area contributed by atoms with Crippen LogP contribution in [-0.2, 0) is 0 Å². The van der Waals surface area contributed by atoms with Gasteiger partial charge < -0.3 is 11.1 Å². The topological polar surface area (TPSA) is 79.7 Å². The first kappa shape index (κ1) is 10.8. The number of nitrogen functional groups attached to an aromatic ring is 1. The molecule has 0 atom stereocenters. The van der Waals surface area contributed by atoms with Gasteiger partial charge in [-0.2, -0.15) is 10.4 Å². The first-order valence-corrected chi connectivity index (χ1v) is 5.65. The molecule has 5 nitrogen and oxygen atoms in total. The third-order valence-corrected chi connectivity index (χ3v) is 2.80. The van der Waals surface area contributed by atoms with Gasteiger partial charge in [-0.3, -0.25) is 0 Å². The summed E-state index contributed by atoms with van der Waals surface area (Å²) in [4.78, 5) is 0. The van der Waals surface area contributed by atoms with E-state index in [2.05, 4.69) is 16.5 Å². The van der Waals surface area contributed by atoms with Gasteiger partial charge in [-0.15, -0.1) is 0 Å². The van der Waals surface area contributed by atoms with Gasteiger partial charge >= 0.3 is 0 Å². The summed E-state index contributed by atoms with van der Waals surface area (Å²) in [7, 11) is 0. The molecule has 16 heavy (non-hydrogen) atoms. The van der Waals surface area contributed by atoms with E-state index in [0.29, 0.717) is 17.2 Å². The van der Waals surface area contributed by atoms with Crippen LogP contribution in [-0.4, -0.2) is 16.3 Å². The van der Waals surface area contributed by atoms with Crippen LogP contribution < -0.4 is 11.1 Å². The molecule has 1 saturated carbocycles. The van der Waals surface area contributed by atoms with E-state index in [4.69, 9.17) is 11.0 Å². The zero-order valence-corrected chi connectivity index (χ0v) is 9.70. The smallest absolute Gasteiger partial charge is 0.168 e. The van der Waals surface area contributed by atoms with E-state index in [1.54, 1.807) is 4.68 Å². The van der Waals surface area contributed by atoms with E-state index >= 15 is 0 Å². The molecule has 0 aliphatic heterocycles. The highest BCUT2D eigenvalue weighted by Gasteiger charge is 2.23. The van der Waals surface area contributed by atoms with Crippen molar-refractivity contribution in [2.24, 2.45) is 5.92 Å². The maximum Gasteiger partial charge on any atom is 0.168 e. The molecule has 0 bridgehead atoms. The van der Waals surface area contributed by atoms with Gasteiger partial charge in [0.05, 0.1) is 0 Å². The van der Waals surface area contributed by atoms with Crippen LogP contribution in [0.3, 0.4) is 0 Å². The Morgan fingerprint density at radius 1 is 1.62 bits per heavy atom. The van der Waals surface area contributed by atoms with Gasteiger partial charge in [-0.05, 0) is 32.6 Å². The zero-order valence-electron chi connectivity index (χ0n) is 9.70. The average Bonchev–Trinajstić information content (AvgIpc) is 3.00. The summed E-state index contributed by atoms with van der Waals surface area (Å²) in [5.41, 5.74) is 6.34. The van der Waals surface area contributed by atoms with Crippen LogP contribution in [0.15, 0.2) is 0 Å². The van der Waals surface area contributed by atoms with E-state index < -0.39 is 0 Å². The monoisotopic (exact) mass is 219 g/mol. The molecule has 0 saturated heterocycles. The van der Waals surface area contributed by atoms with E-state index in [1.807, 2.05) is 13.8 Å². The fraction of sp³-hybridized carbons (Fsp3) is 0.636. The summed E-state index contributed by atoms with van der Waals surface area (Å²) < 4.78 is 1.69. The molecule has 1 aromatic heterocycles. The Bertz CT molecular complexity index is 422. The molecule has 3 N–H and O–H groups in total. The lowest BCUT2D eigenvalue weighted by atomic mass is 10.3. The molecule has 0 aromatic carbocycles. The zero-order chi connectivity index (χ0) is 11.7. The van der Waals surface area contributed by atoms with Gasteiger partial charge in [-0.1, -0.05) is 0 Å². The summed E-state index contributed by atoms with van der Waals surface area (Å²) in [5, 5.41) is 16.6. The molecule has 1 heterocycles. The first-order chi connectivity index (χ1) is 7.63. The number of hydrogen-bond acceptors (Lipinski definition) is 4. The molecular weight excluding hydrogens is 202 g/mol. The summed E-state index contributed by atoms with van der Waals surface area (Å²) in [6, 6.07) is 2.28. The number of nitrogens with zero attached hydrogens (tertiary/aromatic N) is 3. The van der Waals surface area contributed by atoms with Crippen LogP contribution in [0, 0.1) is 17.2 Å². The molecule has 1 fully saturated rings. The largest absolute Gasteiger partial charge is 0.383 e. The fourth-order valence-corrected chi connectivity index (χ4v) is 1.64. The third kappa shape index (κ3) is 1.96. The number of nitrogens with two attached hydrogens (primary N) is 1. The van der Waals surface area contributed by atoms with Gasteiger partial charge in [0.15, 0.2) is 5.82 Å². The molecule has 5 heteroatoms. The van der Waals surface area contributed by atoms with Gasteiger partial charge in [0.2, 0.25) is 0 Å². The van der Waals surface area contributed by atoms with Gasteiger partial charge in [0.25, 0.3) is 0 Å². The minimum atomic E-state index is 0.170. The van der Waals surface area contributed by atoms with Crippen molar-refractivity contribution in [3.8, 4) is 6.07 Å². The van der Waals surface area contributed by atoms with Crippen molar-refractivity contribution in [1.29, 1.82) is 5.26 Å². The number of anilines is 2. The standard InChI is InChI=1S/C11H17N5/c1-7(2)16-10(13)9(5-12)11(15-16)14-6-8-3-4-8/h7-8H,3-4,6,13H2,1-2H3,(H,14,15). The summed E-state index contributed by atoms with van der Waals surface area (Å²) in [5.74, 6) is 1.83. The van der Waals surface area contributed by atoms with Gasteiger partial charge in [-0.25, -0.2) is 4.68 Å². The van der Waals surface area contributed by atoms with Gasteiger partial charge in [0.1, 0.15) is 17.5 Å². The summed E-state index contributed by atoms with van der Waals surface area (Å²) >= 11 is 0. The highest BCUT2D eigenvalue weighted by molar-refractivity contribution is 5.63. The molecular formula is C11H17N5. The van der Waals surface area contributed by atoms with E-state index in [9.17, 15) is 0 Å². The second-order valence-corrected chi connectivity index (χ2v) is 4.58. The maximum atomic E-state index is 9.05. The van der Waals surface area contributed by atoms with E-state index in [-0.39, 0.29) is 6.04 Å². The van der Waals surface area contributed by atoms with Crippen molar-refractivity contribution in [3.05, 3.63) is 5.56 Å². The Balaban J connectivity index is 2.21. The Hall–Kier alpha value is -1.70. The van der Waals surface area contributed by atoms with Crippen LogP contribution in [0.25, 0.3) is 0 Å². The quantitative estimate of drug-likeness (QED) is 0.808. The van der Waals surface area contributed by atoms with Crippen molar-refractivity contribution >= 4 is 11.6 Å². The lowest BCUT2D eigenvalue weighted by molar-refractivity contribution is 0.541. The Labute approximate surface area is 95.2 Å². The molecule has 86 valence electrons. The lowest BCUT2D eigenvalue weighted by Gasteiger charge is -2.06. The summed E-state index contributed by atoms with van der Waals surface area (Å²) in [6.45, 7) is 4.88. The second kappa shape index (κ2) is 4.05. The molecule has 0 unspecified atom stereocenters. The number of hydrogen-bond donors (Lipinski definition) is 2. The molecule has 0 radical (unpaired) electrons. The van der Waals surface area contributed by atoms with E-state index in [1.165, 1.54) is 12.8 Å². The number of aromatic nitrogens is 2. The Kier molecular flexibility index (Phi) is 2.73. The average molecular weight is 219 g/mol. The Morgan fingerprint density at radius 3 is 2.81 bits per heavy atom. The molecule has 1 aromatic rings. The minimum absolute atomic E-state index is 0.170. The van der Waals surface area contributed by atoms with Crippen LogP contribution in [0.1, 0.15) is 38.3 Å². The van der Waals surface area contributed by atoms with Crippen LogP contribution in [0.2, 0.25) is 0 Å². The Morgan fingerprint density at radius 2 is 2.31 bits per heavy atom. The highest BCUT2D eigenvalue weighted by Crippen LogP contribution is 2.30. The predicted octanol–water partition coefficient (Wildman–Crippen LogP) is 1.74. The molecule has 2 rings (SSSR count).